The van der Waals surface area contributed by atoms with Crippen LogP contribution in [0.15, 0.2) is 12.1 Å². The van der Waals surface area contributed by atoms with Gasteiger partial charge >= 0.3 is 0 Å². The van der Waals surface area contributed by atoms with Crippen LogP contribution < -0.4 is 10.6 Å². The van der Waals surface area contributed by atoms with Crippen LogP contribution in [0.5, 0.6) is 0 Å². The van der Waals surface area contributed by atoms with Crippen molar-refractivity contribution in [3.05, 3.63) is 29.6 Å². The molecule has 0 spiro atoms. The maximum absolute atomic E-state index is 13.3. The molecule has 0 fully saturated rings. The van der Waals surface area contributed by atoms with Gasteiger partial charge in [0.05, 0.1) is 12.2 Å². The first-order valence-corrected chi connectivity index (χ1v) is 5.99. The van der Waals surface area contributed by atoms with Crippen molar-refractivity contribution < 1.29 is 18.0 Å². The number of benzene rings is 1. The molecular formula is C13H17F3N2O. The SMILES string of the molecule is CC(C)C(C)NCC(=O)Nc1ccc(F)c(F)c1F. The fourth-order valence-corrected chi connectivity index (χ4v) is 1.31. The van der Waals surface area contributed by atoms with Gasteiger partial charge in [0, 0.05) is 6.04 Å². The van der Waals surface area contributed by atoms with Crippen molar-refractivity contribution in [3.8, 4) is 0 Å². The molecule has 0 aliphatic heterocycles. The highest BCUT2D eigenvalue weighted by Crippen LogP contribution is 2.19. The molecule has 1 aromatic rings. The van der Waals surface area contributed by atoms with Gasteiger partial charge in [-0.15, -0.1) is 0 Å². The van der Waals surface area contributed by atoms with Crippen LogP contribution in [-0.4, -0.2) is 18.5 Å². The molecule has 0 bridgehead atoms. The summed E-state index contributed by atoms with van der Waals surface area (Å²) in [4.78, 5) is 11.5. The van der Waals surface area contributed by atoms with Crippen molar-refractivity contribution in [2.45, 2.75) is 26.8 Å². The van der Waals surface area contributed by atoms with E-state index in [-0.39, 0.29) is 18.3 Å². The Morgan fingerprint density at radius 2 is 1.79 bits per heavy atom. The first-order chi connectivity index (χ1) is 8.82. The second-order valence-electron chi connectivity index (χ2n) is 4.68. The highest BCUT2D eigenvalue weighted by Gasteiger charge is 2.15. The van der Waals surface area contributed by atoms with Crippen molar-refractivity contribution >= 4 is 11.6 Å². The van der Waals surface area contributed by atoms with Gasteiger partial charge in [-0.2, -0.15) is 0 Å². The third-order valence-corrected chi connectivity index (χ3v) is 2.89. The topological polar surface area (TPSA) is 41.1 Å². The summed E-state index contributed by atoms with van der Waals surface area (Å²) in [7, 11) is 0. The Labute approximate surface area is 110 Å². The molecule has 3 nitrogen and oxygen atoms in total. The van der Waals surface area contributed by atoms with E-state index in [0.29, 0.717) is 5.92 Å². The van der Waals surface area contributed by atoms with Crippen molar-refractivity contribution in [2.75, 3.05) is 11.9 Å². The third-order valence-electron chi connectivity index (χ3n) is 2.89. The molecule has 1 aromatic carbocycles. The number of rotatable bonds is 5. The van der Waals surface area contributed by atoms with Crippen molar-refractivity contribution in [3.63, 3.8) is 0 Å². The van der Waals surface area contributed by atoms with Crippen LogP contribution in [0.25, 0.3) is 0 Å². The van der Waals surface area contributed by atoms with E-state index in [1.54, 1.807) is 0 Å². The van der Waals surface area contributed by atoms with Gasteiger partial charge in [0.1, 0.15) is 0 Å². The number of halogens is 3. The van der Waals surface area contributed by atoms with E-state index in [1.807, 2.05) is 20.8 Å². The molecule has 1 unspecified atom stereocenters. The maximum atomic E-state index is 13.3. The molecule has 1 rings (SSSR count). The number of carbonyl (C=O) groups is 1. The number of hydrogen-bond acceptors (Lipinski definition) is 2. The van der Waals surface area contributed by atoms with E-state index in [2.05, 4.69) is 10.6 Å². The molecule has 0 heterocycles. The fraction of sp³-hybridized carbons (Fsp3) is 0.462. The standard InChI is InChI=1S/C13H17F3N2O/c1-7(2)8(3)17-6-11(19)18-10-5-4-9(14)12(15)13(10)16/h4-5,7-8,17H,6H2,1-3H3,(H,18,19). The lowest BCUT2D eigenvalue weighted by Gasteiger charge is -2.17. The molecule has 0 aliphatic rings. The molecule has 0 aromatic heterocycles. The largest absolute Gasteiger partial charge is 0.322 e. The van der Waals surface area contributed by atoms with E-state index in [9.17, 15) is 18.0 Å². The Balaban J connectivity index is 2.61. The summed E-state index contributed by atoms with van der Waals surface area (Å²) < 4.78 is 38.9. The molecule has 0 saturated carbocycles. The van der Waals surface area contributed by atoms with E-state index in [1.165, 1.54) is 0 Å². The minimum Gasteiger partial charge on any atom is -0.322 e. The molecule has 19 heavy (non-hydrogen) atoms. The molecule has 0 saturated heterocycles. The van der Waals surface area contributed by atoms with E-state index < -0.39 is 23.4 Å². The number of amides is 1. The quantitative estimate of drug-likeness (QED) is 0.810. The zero-order valence-electron chi connectivity index (χ0n) is 11.1. The van der Waals surface area contributed by atoms with Gasteiger partial charge in [0.2, 0.25) is 5.91 Å². The first-order valence-electron chi connectivity index (χ1n) is 5.99. The molecular weight excluding hydrogens is 257 g/mol. The van der Waals surface area contributed by atoms with Crippen LogP contribution in [0.3, 0.4) is 0 Å². The van der Waals surface area contributed by atoms with Crippen molar-refractivity contribution in [1.29, 1.82) is 0 Å². The average molecular weight is 274 g/mol. The first kappa shape index (κ1) is 15.5. The maximum Gasteiger partial charge on any atom is 0.238 e. The van der Waals surface area contributed by atoms with Crippen LogP contribution in [0.2, 0.25) is 0 Å². The van der Waals surface area contributed by atoms with E-state index in [0.717, 1.165) is 12.1 Å². The van der Waals surface area contributed by atoms with Gasteiger partial charge in [0.25, 0.3) is 0 Å². The molecule has 6 heteroatoms. The Morgan fingerprint density at radius 3 is 2.37 bits per heavy atom. The molecule has 1 atom stereocenters. The summed E-state index contributed by atoms with van der Waals surface area (Å²) >= 11 is 0. The van der Waals surface area contributed by atoms with Crippen molar-refractivity contribution in [1.82, 2.24) is 5.32 Å². The number of hydrogen-bond donors (Lipinski definition) is 2. The number of nitrogens with one attached hydrogen (secondary N) is 2. The summed E-state index contributed by atoms with van der Waals surface area (Å²) in [6, 6.07) is 1.86. The lowest BCUT2D eigenvalue weighted by atomic mass is 10.1. The Bertz CT molecular complexity index is 463. The van der Waals surface area contributed by atoms with Gasteiger partial charge in [-0.3, -0.25) is 4.79 Å². The van der Waals surface area contributed by atoms with Crippen LogP contribution in [-0.2, 0) is 4.79 Å². The zero-order valence-corrected chi connectivity index (χ0v) is 11.1. The van der Waals surface area contributed by atoms with Gasteiger partial charge < -0.3 is 10.6 Å². The Morgan fingerprint density at radius 1 is 1.16 bits per heavy atom. The molecule has 106 valence electrons. The second kappa shape index (κ2) is 6.56. The minimum absolute atomic E-state index is 0.0300. The average Bonchev–Trinajstić information content (AvgIpc) is 2.36. The van der Waals surface area contributed by atoms with Gasteiger partial charge in [-0.05, 0) is 25.0 Å². The van der Waals surface area contributed by atoms with Crippen LogP contribution in [0.4, 0.5) is 18.9 Å². The Hall–Kier alpha value is -1.56. The molecule has 0 radical (unpaired) electrons. The summed E-state index contributed by atoms with van der Waals surface area (Å²) in [6.07, 6.45) is 0. The van der Waals surface area contributed by atoms with Gasteiger partial charge in [0.15, 0.2) is 17.5 Å². The summed E-state index contributed by atoms with van der Waals surface area (Å²) in [5, 5.41) is 5.13. The third kappa shape index (κ3) is 4.24. The van der Waals surface area contributed by atoms with Crippen LogP contribution in [0, 0.1) is 23.4 Å². The minimum atomic E-state index is -1.60. The van der Waals surface area contributed by atoms with Gasteiger partial charge in [-0.25, -0.2) is 13.2 Å². The lowest BCUT2D eigenvalue weighted by Crippen LogP contribution is -2.37. The fourth-order valence-electron chi connectivity index (χ4n) is 1.31. The number of carbonyl (C=O) groups excluding carboxylic acids is 1. The monoisotopic (exact) mass is 274 g/mol. The Kier molecular flexibility index (Phi) is 5.35. The van der Waals surface area contributed by atoms with Crippen LogP contribution in [0.1, 0.15) is 20.8 Å². The predicted molar refractivity (Wildman–Crippen MR) is 67.2 cm³/mol. The summed E-state index contributed by atoms with van der Waals surface area (Å²) in [5.74, 6) is -4.46. The smallest absolute Gasteiger partial charge is 0.238 e. The normalized spacial score (nSPS) is 12.6. The summed E-state index contributed by atoms with van der Waals surface area (Å²) in [5.41, 5.74) is -0.372. The molecule has 2 N–H and O–H groups in total. The predicted octanol–water partition coefficient (Wildman–Crippen LogP) is 2.68. The lowest BCUT2D eigenvalue weighted by molar-refractivity contribution is -0.115. The highest BCUT2D eigenvalue weighted by molar-refractivity contribution is 5.92. The van der Waals surface area contributed by atoms with E-state index >= 15 is 0 Å². The van der Waals surface area contributed by atoms with E-state index in [4.69, 9.17) is 0 Å². The highest BCUT2D eigenvalue weighted by atomic mass is 19.2. The molecule has 1 amide bonds. The van der Waals surface area contributed by atoms with Crippen LogP contribution >= 0.6 is 0 Å². The van der Waals surface area contributed by atoms with Crippen molar-refractivity contribution in [2.24, 2.45) is 5.92 Å². The summed E-state index contributed by atoms with van der Waals surface area (Å²) in [6.45, 7) is 5.86. The zero-order chi connectivity index (χ0) is 14.6. The molecule has 0 aliphatic carbocycles. The van der Waals surface area contributed by atoms with Gasteiger partial charge in [-0.1, -0.05) is 13.8 Å². The second-order valence-corrected chi connectivity index (χ2v) is 4.68. The number of anilines is 1.